The predicted octanol–water partition coefficient (Wildman–Crippen LogP) is 3.39. The number of halogens is 1. The van der Waals surface area contributed by atoms with Crippen molar-refractivity contribution in [2.75, 3.05) is 17.7 Å². The summed E-state index contributed by atoms with van der Waals surface area (Å²) < 4.78 is 0. The van der Waals surface area contributed by atoms with Crippen LogP contribution in [0, 0.1) is 6.92 Å². The van der Waals surface area contributed by atoms with Crippen LogP contribution in [0.1, 0.15) is 5.56 Å². The molecule has 1 aromatic carbocycles. The fraction of sp³-hybridized carbons (Fsp3) is 0.154. The highest BCUT2D eigenvalue weighted by Crippen LogP contribution is 2.25. The van der Waals surface area contributed by atoms with Crippen molar-refractivity contribution in [1.82, 2.24) is 4.98 Å². The molecule has 0 radical (unpaired) electrons. The number of rotatable bonds is 2. The summed E-state index contributed by atoms with van der Waals surface area (Å²) in [7, 11) is 1.93. The van der Waals surface area contributed by atoms with Crippen LogP contribution in [0.2, 0.25) is 5.15 Å². The topological polar surface area (TPSA) is 42.1 Å². The van der Waals surface area contributed by atoms with Gasteiger partial charge in [-0.05, 0) is 25.1 Å². The van der Waals surface area contributed by atoms with Crippen LogP contribution in [-0.4, -0.2) is 12.0 Å². The summed E-state index contributed by atoms with van der Waals surface area (Å²) in [6.07, 6.45) is 0. The second-order valence-electron chi connectivity index (χ2n) is 3.98. The third-order valence-corrected chi connectivity index (χ3v) is 2.76. The van der Waals surface area contributed by atoms with Gasteiger partial charge in [-0.15, -0.1) is 0 Å². The number of hydrogen-bond acceptors (Lipinski definition) is 3. The minimum absolute atomic E-state index is 0.402. The SMILES string of the molecule is Cc1ccc(N(C)c2cc(N)cc(Cl)n2)cc1. The average Bonchev–Trinajstić information content (AvgIpc) is 2.28. The van der Waals surface area contributed by atoms with Crippen LogP contribution < -0.4 is 10.6 Å². The zero-order valence-electron chi connectivity index (χ0n) is 9.81. The van der Waals surface area contributed by atoms with Crippen LogP contribution in [-0.2, 0) is 0 Å². The molecule has 1 aromatic heterocycles. The molecule has 2 rings (SSSR count). The molecule has 0 spiro atoms. The number of anilines is 3. The first kappa shape index (κ1) is 11.7. The molecule has 0 amide bonds. The molecule has 0 saturated heterocycles. The van der Waals surface area contributed by atoms with E-state index >= 15 is 0 Å². The van der Waals surface area contributed by atoms with E-state index < -0.39 is 0 Å². The molecular weight excluding hydrogens is 234 g/mol. The number of nitrogens with two attached hydrogens (primary N) is 1. The van der Waals surface area contributed by atoms with E-state index in [0.29, 0.717) is 10.8 Å². The third-order valence-electron chi connectivity index (χ3n) is 2.57. The minimum Gasteiger partial charge on any atom is -0.399 e. The number of aromatic nitrogens is 1. The van der Waals surface area contributed by atoms with Gasteiger partial charge >= 0.3 is 0 Å². The Morgan fingerprint density at radius 1 is 1.18 bits per heavy atom. The number of hydrogen-bond donors (Lipinski definition) is 1. The number of nitrogens with zero attached hydrogens (tertiary/aromatic N) is 2. The summed E-state index contributed by atoms with van der Waals surface area (Å²) in [5, 5.41) is 0.402. The van der Waals surface area contributed by atoms with Gasteiger partial charge in [0.1, 0.15) is 11.0 Å². The molecule has 1 heterocycles. The third kappa shape index (κ3) is 2.68. The molecule has 3 nitrogen and oxygen atoms in total. The standard InChI is InChI=1S/C13H14ClN3/c1-9-3-5-11(6-4-9)17(2)13-8-10(15)7-12(14)16-13/h3-8H,1-2H3,(H2,15,16). The van der Waals surface area contributed by atoms with Crippen molar-refractivity contribution in [1.29, 1.82) is 0 Å². The highest BCUT2D eigenvalue weighted by atomic mass is 35.5. The van der Waals surface area contributed by atoms with Crippen LogP contribution in [0.25, 0.3) is 0 Å². The van der Waals surface area contributed by atoms with Gasteiger partial charge in [-0.1, -0.05) is 29.3 Å². The smallest absolute Gasteiger partial charge is 0.136 e. The summed E-state index contributed by atoms with van der Waals surface area (Å²) in [4.78, 5) is 6.19. The second-order valence-corrected chi connectivity index (χ2v) is 4.36. The van der Waals surface area contributed by atoms with Crippen molar-refractivity contribution < 1.29 is 0 Å². The van der Waals surface area contributed by atoms with Gasteiger partial charge in [-0.2, -0.15) is 0 Å². The van der Waals surface area contributed by atoms with Gasteiger partial charge in [-0.25, -0.2) is 4.98 Å². The number of benzene rings is 1. The number of aryl methyl sites for hydroxylation is 1. The van der Waals surface area contributed by atoms with Crippen molar-refractivity contribution in [2.45, 2.75) is 6.92 Å². The van der Waals surface area contributed by atoms with Crippen LogP contribution in [0.4, 0.5) is 17.2 Å². The van der Waals surface area contributed by atoms with E-state index in [4.69, 9.17) is 17.3 Å². The molecule has 0 atom stereocenters. The lowest BCUT2D eigenvalue weighted by Crippen LogP contribution is -2.11. The molecular formula is C13H14ClN3. The van der Waals surface area contributed by atoms with Gasteiger partial charge in [0, 0.05) is 24.5 Å². The van der Waals surface area contributed by atoms with E-state index in [1.54, 1.807) is 12.1 Å². The van der Waals surface area contributed by atoms with E-state index in [2.05, 4.69) is 24.0 Å². The van der Waals surface area contributed by atoms with E-state index in [1.165, 1.54) is 5.56 Å². The Morgan fingerprint density at radius 3 is 2.41 bits per heavy atom. The molecule has 0 saturated carbocycles. The molecule has 2 N–H and O–H groups in total. The van der Waals surface area contributed by atoms with Crippen molar-refractivity contribution in [2.24, 2.45) is 0 Å². The molecule has 0 aliphatic rings. The van der Waals surface area contributed by atoms with Gasteiger partial charge < -0.3 is 10.6 Å². The van der Waals surface area contributed by atoms with Crippen LogP contribution >= 0.6 is 11.6 Å². The second kappa shape index (κ2) is 4.63. The monoisotopic (exact) mass is 247 g/mol. The van der Waals surface area contributed by atoms with Gasteiger partial charge in [0.2, 0.25) is 0 Å². The molecule has 0 bridgehead atoms. The van der Waals surface area contributed by atoms with Crippen molar-refractivity contribution >= 4 is 28.8 Å². The summed E-state index contributed by atoms with van der Waals surface area (Å²) in [5.74, 6) is 0.735. The highest BCUT2D eigenvalue weighted by Gasteiger charge is 2.06. The normalized spacial score (nSPS) is 10.3. The summed E-state index contributed by atoms with van der Waals surface area (Å²) in [6.45, 7) is 2.05. The maximum absolute atomic E-state index is 5.89. The Labute approximate surface area is 106 Å². The first-order chi connectivity index (χ1) is 8.06. The Balaban J connectivity index is 2.36. The summed E-state index contributed by atoms with van der Waals surface area (Å²) >= 11 is 5.89. The first-order valence-corrected chi connectivity index (χ1v) is 5.67. The molecule has 88 valence electrons. The van der Waals surface area contributed by atoms with E-state index in [1.807, 2.05) is 24.1 Å². The first-order valence-electron chi connectivity index (χ1n) is 5.30. The van der Waals surface area contributed by atoms with E-state index in [9.17, 15) is 0 Å². The fourth-order valence-electron chi connectivity index (χ4n) is 1.57. The predicted molar refractivity (Wildman–Crippen MR) is 72.9 cm³/mol. The largest absolute Gasteiger partial charge is 0.399 e. The fourth-order valence-corrected chi connectivity index (χ4v) is 1.79. The maximum Gasteiger partial charge on any atom is 0.136 e. The van der Waals surface area contributed by atoms with E-state index in [-0.39, 0.29) is 0 Å². The maximum atomic E-state index is 5.89. The highest BCUT2D eigenvalue weighted by molar-refractivity contribution is 6.29. The summed E-state index contributed by atoms with van der Waals surface area (Å²) in [6, 6.07) is 11.6. The Bertz CT molecular complexity index is 502. The Hall–Kier alpha value is -1.74. The Kier molecular flexibility index (Phi) is 3.20. The van der Waals surface area contributed by atoms with Crippen molar-refractivity contribution in [3.63, 3.8) is 0 Å². The van der Waals surface area contributed by atoms with E-state index in [0.717, 1.165) is 11.5 Å². The molecule has 0 fully saturated rings. The quantitative estimate of drug-likeness (QED) is 0.827. The summed E-state index contributed by atoms with van der Waals surface area (Å²) in [5.41, 5.74) is 8.63. The zero-order chi connectivity index (χ0) is 12.4. The molecule has 0 aliphatic carbocycles. The van der Waals surface area contributed by atoms with Crippen molar-refractivity contribution in [3.05, 3.63) is 47.1 Å². The average molecular weight is 248 g/mol. The van der Waals surface area contributed by atoms with Crippen molar-refractivity contribution in [3.8, 4) is 0 Å². The zero-order valence-corrected chi connectivity index (χ0v) is 10.6. The lowest BCUT2D eigenvalue weighted by molar-refractivity contribution is 1.13. The molecule has 2 aromatic rings. The number of pyridine rings is 1. The lowest BCUT2D eigenvalue weighted by atomic mass is 10.2. The molecule has 0 unspecified atom stereocenters. The Morgan fingerprint density at radius 2 is 1.82 bits per heavy atom. The minimum atomic E-state index is 0.402. The van der Waals surface area contributed by atoms with Gasteiger partial charge in [0.05, 0.1) is 0 Å². The van der Waals surface area contributed by atoms with Gasteiger partial charge in [-0.3, -0.25) is 0 Å². The van der Waals surface area contributed by atoms with Crippen LogP contribution in [0.5, 0.6) is 0 Å². The molecule has 4 heteroatoms. The molecule has 17 heavy (non-hydrogen) atoms. The molecule has 0 aliphatic heterocycles. The van der Waals surface area contributed by atoms with Crippen LogP contribution in [0.3, 0.4) is 0 Å². The lowest BCUT2D eigenvalue weighted by Gasteiger charge is -2.19. The van der Waals surface area contributed by atoms with Gasteiger partial charge in [0.15, 0.2) is 0 Å². The number of nitrogen functional groups attached to an aromatic ring is 1. The van der Waals surface area contributed by atoms with Crippen LogP contribution in [0.15, 0.2) is 36.4 Å². The van der Waals surface area contributed by atoms with Gasteiger partial charge in [0.25, 0.3) is 0 Å².